The van der Waals surface area contributed by atoms with Gasteiger partial charge in [-0.1, -0.05) is 0 Å². The standard InChI is InChI=1S/C17H24N6O2/c1-17(2,3)25-16(24)23-9-7-22(8-10-23)15-12-18-11-13(20-15)14-5-6-19-21(14)4/h5-6,11-12H,7-10H2,1-4H3. The molecule has 1 amide bonds. The number of aromatic nitrogens is 4. The summed E-state index contributed by atoms with van der Waals surface area (Å²) in [5.74, 6) is 0.808. The Kier molecular flexibility index (Phi) is 4.61. The van der Waals surface area contributed by atoms with E-state index in [9.17, 15) is 4.79 Å². The number of piperazine rings is 1. The average molecular weight is 344 g/mol. The van der Waals surface area contributed by atoms with Crippen molar-refractivity contribution >= 4 is 11.9 Å². The quantitative estimate of drug-likeness (QED) is 0.829. The van der Waals surface area contributed by atoms with Gasteiger partial charge in [-0.05, 0) is 26.8 Å². The van der Waals surface area contributed by atoms with Crippen molar-refractivity contribution in [1.82, 2.24) is 24.6 Å². The van der Waals surface area contributed by atoms with Gasteiger partial charge in [-0.25, -0.2) is 9.78 Å². The Balaban J connectivity index is 1.66. The fraction of sp³-hybridized carbons (Fsp3) is 0.529. The molecule has 8 nitrogen and oxygen atoms in total. The van der Waals surface area contributed by atoms with E-state index in [0.717, 1.165) is 17.2 Å². The number of rotatable bonds is 2. The lowest BCUT2D eigenvalue weighted by atomic mass is 10.2. The van der Waals surface area contributed by atoms with Crippen LogP contribution in [0.1, 0.15) is 20.8 Å². The van der Waals surface area contributed by atoms with Crippen LogP contribution in [0.2, 0.25) is 0 Å². The summed E-state index contributed by atoms with van der Waals surface area (Å²) in [5, 5.41) is 4.17. The molecule has 25 heavy (non-hydrogen) atoms. The predicted octanol–water partition coefficient (Wildman–Crippen LogP) is 1.93. The maximum absolute atomic E-state index is 12.2. The Morgan fingerprint density at radius 1 is 1.16 bits per heavy atom. The third-order valence-corrected chi connectivity index (χ3v) is 3.96. The Bertz CT molecular complexity index is 744. The number of carbonyl (C=O) groups excluding carboxylic acids is 1. The van der Waals surface area contributed by atoms with E-state index in [-0.39, 0.29) is 6.09 Å². The summed E-state index contributed by atoms with van der Waals surface area (Å²) in [6.45, 7) is 8.23. The molecule has 0 saturated carbocycles. The summed E-state index contributed by atoms with van der Waals surface area (Å²) in [7, 11) is 1.88. The largest absolute Gasteiger partial charge is 0.444 e. The molecule has 1 fully saturated rings. The van der Waals surface area contributed by atoms with Crippen LogP contribution in [0.4, 0.5) is 10.6 Å². The number of carbonyl (C=O) groups is 1. The molecule has 1 aliphatic heterocycles. The SMILES string of the molecule is Cn1nccc1-c1cncc(N2CCN(C(=O)OC(C)(C)C)CC2)n1. The maximum atomic E-state index is 12.2. The molecule has 8 heteroatoms. The van der Waals surface area contributed by atoms with Crippen LogP contribution in [-0.2, 0) is 11.8 Å². The van der Waals surface area contributed by atoms with E-state index in [2.05, 4.69) is 15.0 Å². The first-order chi connectivity index (χ1) is 11.8. The molecule has 0 spiro atoms. The molecule has 3 heterocycles. The number of anilines is 1. The van der Waals surface area contributed by atoms with Crippen LogP contribution in [-0.4, -0.2) is 62.5 Å². The van der Waals surface area contributed by atoms with Crippen molar-refractivity contribution in [1.29, 1.82) is 0 Å². The second-order valence-electron chi connectivity index (χ2n) is 7.06. The van der Waals surface area contributed by atoms with Crippen molar-refractivity contribution in [2.24, 2.45) is 7.05 Å². The number of ether oxygens (including phenoxy) is 1. The van der Waals surface area contributed by atoms with Crippen molar-refractivity contribution in [2.75, 3.05) is 31.1 Å². The van der Waals surface area contributed by atoms with Crippen LogP contribution in [0.5, 0.6) is 0 Å². The van der Waals surface area contributed by atoms with Crippen LogP contribution < -0.4 is 4.90 Å². The van der Waals surface area contributed by atoms with E-state index in [1.807, 2.05) is 33.9 Å². The van der Waals surface area contributed by atoms with Crippen LogP contribution >= 0.6 is 0 Å². The highest BCUT2D eigenvalue weighted by atomic mass is 16.6. The number of amides is 1. The Hall–Kier alpha value is -2.64. The van der Waals surface area contributed by atoms with Crippen LogP contribution in [0.3, 0.4) is 0 Å². The van der Waals surface area contributed by atoms with Gasteiger partial charge < -0.3 is 14.5 Å². The monoisotopic (exact) mass is 344 g/mol. The van der Waals surface area contributed by atoms with Gasteiger partial charge >= 0.3 is 6.09 Å². The zero-order chi connectivity index (χ0) is 18.0. The lowest BCUT2D eigenvalue weighted by Crippen LogP contribution is -2.50. The molecule has 0 radical (unpaired) electrons. The molecule has 0 unspecified atom stereocenters. The Morgan fingerprint density at radius 2 is 1.88 bits per heavy atom. The molecular formula is C17H24N6O2. The van der Waals surface area contributed by atoms with Gasteiger partial charge in [0.25, 0.3) is 0 Å². The summed E-state index contributed by atoms with van der Waals surface area (Å²) in [6.07, 6.45) is 4.96. The molecule has 0 N–H and O–H groups in total. The van der Waals surface area contributed by atoms with Gasteiger partial charge in [-0.2, -0.15) is 5.10 Å². The van der Waals surface area contributed by atoms with Gasteiger partial charge in [0.2, 0.25) is 0 Å². The number of aryl methyl sites for hydroxylation is 1. The molecule has 0 aromatic carbocycles. The van der Waals surface area contributed by atoms with Gasteiger partial charge in [0.15, 0.2) is 0 Å². The van der Waals surface area contributed by atoms with E-state index in [0.29, 0.717) is 26.2 Å². The van der Waals surface area contributed by atoms with Gasteiger partial charge in [-0.15, -0.1) is 0 Å². The average Bonchev–Trinajstić information content (AvgIpc) is 3.00. The molecule has 0 bridgehead atoms. The third-order valence-electron chi connectivity index (χ3n) is 3.96. The van der Waals surface area contributed by atoms with Crippen LogP contribution in [0, 0.1) is 0 Å². The molecule has 2 aromatic rings. The first-order valence-corrected chi connectivity index (χ1v) is 8.37. The predicted molar refractivity (Wildman–Crippen MR) is 94.3 cm³/mol. The number of hydrogen-bond acceptors (Lipinski definition) is 6. The highest BCUT2D eigenvalue weighted by Crippen LogP contribution is 2.20. The summed E-state index contributed by atoms with van der Waals surface area (Å²) in [6, 6.07) is 1.91. The second kappa shape index (κ2) is 6.70. The normalized spacial score (nSPS) is 15.4. The fourth-order valence-corrected chi connectivity index (χ4v) is 2.70. The molecule has 1 aliphatic rings. The van der Waals surface area contributed by atoms with Crippen molar-refractivity contribution in [3.63, 3.8) is 0 Å². The third kappa shape index (κ3) is 4.07. The van der Waals surface area contributed by atoms with E-state index >= 15 is 0 Å². The molecule has 3 rings (SSSR count). The van der Waals surface area contributed by atoms with Crippen LogP contribution in [0.25, 0.3) is 11.4 Å². The van der Waals surface area contributed by atoms with Crippen molar-refractivity contribution < 1.29 is 9.53 Å². The first-order valence-electron chi connectivity index (χ1n) is 8.37. The topological polar surface area (TPSA) is 76.4 Å². The second-order valence-corrected chi connectivity index (χ2v) is 7.06. The fourth-order valence-electron chi connectivity index (χ4n) is 2.70. The minimum atomic E-state index is -0.475. The minimum absolute atomic E-state index is 0.262. The lowest BCUT2D eigenvalue weighted by Gasteiger charge is -2.36. The zero-order valence-corrected chi connectivity index (χ0v) is 15.1. The highest BCUT2D eigenvalue weighted by molar-refractivity contribution is 5.68. The lowest BCUT2D eigenvalue weighted by molar-refractivity contribution is 0.0240. The van der Waals surface area contributed by atoms with Crippen molar-refractivity contribution in [2.45, 2.75) is 26.4 Å². The summed E-state index contributed by atoms with van der Waals surface area (Å²) in [4.78, 5) is 25.0. The molecule has 0 atom stereocenters. The van der Waals surface area contributed by atoms with E-state index in [1.54, 1.807) is 28.2 Å². The van der Waals surface area contributed by atoms with E-state index in [4.69, 9.17) is 9.72 Å². The summed E-state index contributed by atoms with van der Waals surface area (Å²) in [5.41, 5.74) is 1.23. The molecule has 1 saturated heterocycles. The minimum Gasteiger partial charge on any atom is -0.444 e. The Labute approximate surface area is 147 Å². The molecular weight excluding hydrogens is 320 g/mol. The number of nitrogens with zero attached hydrogens (tertiary/aromatic N) is 6. The van der Waals surface area contributed by atoms with E-state index in [1.165, 1.54) is 0 Å². The molecule has 0 aliphatic carbocycles. The maximum Gasteiger partial charge on any atom is 0.410 e. The van der Waals surface area contributed by atoms with Crippen molar-refractivity contribution in [3.8, 4) is 11.4 Å². The smallest absolute Gasteiger partial charge is 0.410 e. The summed E-state index contributed by atoms with van der Waals surface area (Å²) >= 11 is 0. The highest BCUT2D eigenvalue weighted by Gasteiger charge is 2.26. The van der Waals surface area contributed by atoms with Gasteiger partial charge in [0.1, 0.15) is 17.1 Å². The van der Waals surface area contributed by atoms with E-state index < -0.39 is 5.60 Å². The Morgan fingerprint density at radius 3 is 2.48 bits per heavy atom. The molecule has 2 aromatic heterocycles. The van der Waals surface area contributed by atoms with Gasteiger partial charge in [-0.3, -0.25) is 9.67 Å². The van der Waals surface area contributed by atoms with Crippen LogP contribution in [0.15, 0.2) is 24.7 Å². The first kappa shape index (κ1) is 17.2. The van der Waals surface area contributed by atoms with Crippen molar-refractivity contribution in [3.05, 3.63) is 24.7 Å². The van der Waals surface area contributed by atoms with Gasteiger partial charge in [0.05, 0.1) is 18.1 Å². The van der Waals surface area contributed by atoms with Gasteiger partial charge in [0, 0.05) is 39.4 Å². The molecule has 134 valence electrons. The summed E-state index contributed by atoms with van der Waals surface area (Å²) < 4.78 is 7.20. The zero-order valence-electron chi connectivity index (χ0n) is 15.1. The number of hydrogen-bond donors (Lipinski definition) is 0.